The van der Waals surface area contributed by atoms with Crippen molar-refractivity contribution in [3.63, 3.8) is 0 Å². The number of benzene rings is 1. The number of carbonyl (C=O) groups is 1. The van der Waals surface area contributed by atoms with Crippen molar-refractivity contribution in [3.05, 3.63) is 58.5 Å². The Hall–Kier alpha value is -2.14. The summed E-state index contributed by atoms with van der Waals surface area (Å²) < 4.78 is 13.7. The monoisotopic (exact) mass is 333 g/mol. The Kier molecular flexibility index (Phi) is 4.76. The minimum absolute atomic E-state index is 0.0175. The quantitative estimate of drug-likeness (QED) is 0.932. The Labute approximate surface area is 139 Å². The first-order valence-corrected chi connectivity index (χ1v) is 7.94. The number of hydrogen-bond acceptors (Lipinski definition) is 3. The van der Waals surface area contributed by atoms with Crippen LogP contribution in [-0.4, -0.2) is 24.0 Å². The fourth-order valence-corrected chi connectivity index (χ4v) is 2.76. The maximum atomic E-state index is 13.7. The van der Waals surface area contributed by atoms with E-state index < -0.39 is 11.7 Å². The summed E-state index contributed by atoms with van der Waals surface area (Å²) in [7, 11) is 0. The number of hydrogen-bond donors (Lipinski definition) is 1. The normalized spacial score (nSPS) is 14.1. The second-order valence-electron chi connectivity index (χ2n) is 5.53. The van der Waals surface area contributed by atoms with E-state index in [9.17, 15) is 9.18 Å². The highest BCUT2D eigenvalue weighted by Crippen LogP contribution is 2.18. The predicted molar refractivity (Wildman–Crippen MR) is 88.3 cm³/mol. The van der Waals surface area contributed by atoms with Crippen molar-refractivity contribution in [2.24, 2.45) is 0 Å². The number of rotatable bonds is 4. The molecule has 0 bridgehead atoms. The molecule has 2 heterocycles. The second kappa shape index (κ2) is 6.96. The summed E-state index contributed by atoms with van der Waals surface area (Å²) in [5.74, 6) is -0.137. The molecular formula is C17H17ClFN3O. The van der Waals surface area contributed by atoms with Crippen molar-refractivity contribution in [2.45, 2.75) is 19.4 Å². The summed E-state index contributed by atoms with van der Waals surface area (Å²) in [6, 6.07) is 7.88. The predicted octanol–water partition coefficient (Wildman–Crippen LogP) is 3.40. The molecule has 6 heteroatoms. The molecule has 2 aromatic rings. The Morgan fingerprint density at radius 3 is 2.70 bits per heavy atom. The second-order valence-corrected chi connectivity index (χ2v) is 5.96. The zero-order chi connectivity index (χ0) is 16.2. The standard InChI is InChI=1S/C17H17ClFN3O/c18-13-4-5-14(15(19)9-13)17(23)21-11-12-3-6-16(20-10-12)22-7-1-2-8-22/h3-6,9-10H,1-2,7-8,11H2,(H,21,23). The molecule has 1 N–H and O–H groups in total. The van der Waals surface area contributed by atoms with Crippen LogP contribution in [0.15, 0.2) is 36.5 Å². The molecule has 4 nitrogen and oxygen atoms in total. The molecule has 23 heavy (non-hydrogen) atoms. The van der Waals surface area contributed by atoms with Gasteiger partial charge in [-0.3, -0.25) is 4.79 Å². The van der Waals surface area contributed by atoms with Crippen LogP contribution in [0.25, 0.3) is 0 Å². The Morgan fingerprint density at radius 2 is 2.04 bits per heavy atom. The van der Waals surface area contributed by atoms with Gasteiger partial charge in [0.15, 0.2) is 0 Å². The molecular weight excluding hydrogens is 317 g/mol. The van der Waals surface area contributed by atoms with Crippen LogP contribution in [0.4, 0.5) is 10.2 Å². The molecule has 0 saturated carbocycles. The minimum atomic E-state index is -0.627. The fourth-order valence-electron chi connectivity index (χ4n) is 2.61. The molecule has 1 aliphatic heterocycles. The van der Waals surface area contributed by atoms with Crippen LogP contribution < -0.4 is 10.2 Å². The first-order chi connectivity index (χ1) is 11.1. The molecule has 0 atom stereocenters. The molecule has 0 spiro atoms. The van der Waals surface area contributed by atoms with Crippen LogP contribution in [0.5, 0.6) is 0 Å². The van der Waals surface area contributed by atoms with E-state index in [1.165, 1.54) is 25.0 Å². The number of amides is 1. The summed E-state index contributed by atoms with van der Waals surface area (Å²) in [5, 5.41) is 2.95. The smallest absolute Gasteiger partial charge is 0.254 e. The highest BCUT2D eigenvalue weighted by atomic mass is 35.5. The first kappa shape index (κ1) is 15.7. The van der Waals surface area contributed by atoms with E-state index in [0.29, 0.717) is 6.54 Å². The Balaban J connectivity index is 1.60. The average Bonchev–Trinajstić information content (AvgIpc) is 3.07. The molecule has 1 aromatic heterocycles. The summed E-state index contributed by atoms with van der Waals surface area (Å²) >= 11 is 5.68. The SMILES string of the molecule is O=C(NCc1ccc(N2CCCC2)nc1)c1ccc(Cl)cc1F. The van der Waals surface area contributed by atoms with Gasteiger partial charge in [-0.15, -0.1) is 0 Å². The largest absolute Gasteiger partial charge is 0.357 e. The highest BCUT2D eigenvalue weighted by molar-refractivity contribution is 6.30. The van der Waals surface area contributed by atoms with Crippen LogP contribution in [0.1, 0.15) is 28.8 Å². The summed E-state index contributed by atoms with van der Waals surface area (Å²) in [4.78, 5) is 18.7. The van der Waals surface area contributed by atoms with Crippen LogP contribution >= 0.6 is 11.6 Å². The number of nitrogens with one attached hydrogen (secondary N) is 1. The van der Waals surface area contributed by atoms with Gasteiger partial charge in [-0.25, -0.2) is 9.37 Å². The number of pyridine rings is 1. The van der Waals surface area contributed by atoms with Crippen molar-refractivity contribution in [3.8, 4) is 0 Å². The average molecular weight is 334 g/mol. The molecule has 0 radical (unpaired) electrons. The Bertz CT molecular complexity index is 699. The van der Waals surface area contributed by atoms with Gasteiger partial charge >= 0.3 is 0 Å². The molecule has 1 aromatic carbocycles. The van der Waals surface area contributed by atoms with E-state index in [-0.39, 0.29) is 10.6 Å². The molecule has 0 unspecified atom stereocenters. The van der Waals surface area contributed by atoms with E-state index in [2.05, 4.69) is 15.2 Å². The lowest BCUT2D eigenvalue weighted by molar-refractivity contribution is 0.0947. The van der Waals surface area contributed by atoms with Crippen LogP contribution in [0.2, 0.25) is 5.02 Å². The zero-order valence-electron chi connectivity index (χ0n) is 12.6. The highest BCUT2D eigenvalue weighted by Gasteiger charge is 2.14. The third-order valence-electron chi connectivity index (χ3n) is 3.87. The maximum Gasteiger partial charge on any atom is 0.254 e. The lowest BCUT2D eigenvalue weighted by atomic mass is 10.2. The maximum absolute atomic E-state index is 13.7. The van der Waals surface area contributed by atoms with Crippen molar-refractivity contribution in [1.82, 2.24) is 10.3 Å². The number of carbonyl (C=O) groups excluding carboxylic acids is 1. The number of anilines is 1. The van der Waals surface area contributed by atoms with Crippen molar-refractivity contribution < 1.29 is 9.18 Å². The van der Waals surface area contributed by atoms with Gasteiger partial charge in [0, 0.05) is 30.9 Å². The van der Waals surface area contributed by atoms with Crippen molar-refractivity contribution in [2.75, 3.05) is 18.0 Å². The molecule has 120 valence electrons. The van der Waals surface area contributed by atoms with Gasteiger partial charge in [-0.2, -0.15) is 0 Å². The third kappa shape index (κ3) is 3.79. The molecule has 1 aliphatic rings. The van der Waals surface area contributed by atoms with Crippen LogP contribution in [0, 0.1) is 5.82 Å². The zero-order valence-corrected chi connectivity index (χ0v) is 13.3. The summed E-state index contributed by atoms with van der Waals surface area (Å²) in [5.41, 5.74) is 0.853. The van der Waals surface area contributed by atoms with E-state index in [1.807, 2.05) is 12.1 Å². The summed E-state index contributed by atoms with van der Waals surface area (Å²) in [6.45, 7) is 2.38. The number of nitrogens with zero attached hydrogens (tertiary/aromatic N) is 2. The van der Waals surface area contributed by atoms with Crippen LogP contribution in [-0.2, 0) is 6.54 Å². The van der Waals surface area contributed by atoms with Gasteiger partial charge in [0.25, 0.3) is 5.91 Å². The van der Waals surface area contributed by atoms with E-state index in [4.69, 9.17) is 11.6 Å². The van der Waals surface area contributed by atoms with E-state index >= 15 is 0 Å². The summed E-state index contributed by atoms with van der Waals surface area (Å²) in [6.07, 6.45) is 4.14. The molecule has 3 rings (SSSR count). The Morgan fingerprint density at radius 1 is 1.26 bits per heavy atom. The molecule has 1 amide bonds. The molecule has 1 saturated heterocycles. The number of aromatic nitrogens is 1. The topological polar surface area (TPSA) is 45.2 Å². The van der Waals surface area contributed by atoms with Gasteiger partial charge in [-0.05, 0) is 42.7 Å². The first-order valence-electron chi connectivity index (χ1n) is 7.56. The van der Waals surface area contributed by atoms with Crippen molar-refractivity contribution in [1.29, 1.82) is 0 Å². The lowest BCUT2D eigenvalue weighted by Gasteiger charge is -2.16. The van der Waals surface area contributed by atoms with Crippen molar-refractivity contribution >= 4 is 23.3 Å². The van der Waals surface area contributed by atoms with Gasteiger partial charge in [-0.1, -0.05) is 17.7 Å². The molecule has 0 aliphatic carbocycles. The molecule has 1 fully saturated rings. The van der Waals surface area contributed by atoms with Gasteiger partial charge in [0.05, 0.1) is 5.56 Å². The fraction of sp³-hybridized carbons (Fsp3) is 0.294. The minimum Gasteiger partial charge on any atom is -0.357 e. The van der Waals surface area contributed by atoms with Gasteiger partial charge in [0.2, 0.25) is 0 Å². The van der Waals surface area contributed by atoms with E-state index in [1.54, 1.807) is 6.20 Å². The lowest BCUT2D eigenvalue weighted by Crippen LogP contribution is -2.24. The van der Waals surface area contributed by atoms with Gasteiger partial charge < -0.3 is 10.2 Å². The van der Waals surface area contributed by atoms with E-state index in [0.717, 1.165) is 30.5 Å². The van der Waals surface area contributed by atoms with Crippen LogP contribution in [0.3, 0.4) is 0 Å². The third-order valence-corrected chi connectivity index (χ3v) is 4.10. The number of halogens is 2. The van der Waals surface area contributed by atoms with Gasteiger partial charge in [0.1, 0.15) is 11.6 Å².